The molecular formula is C16H13Cl2NO5. The molecule has 0 spiro atoms. The van der Waals surface area contributed by atoms with Crippen LogP contribution in [0.5, 0.6) is 5.75 Å². The predicted molar refractivity (Wildman–Crippen MR) is 90.1 cm³/mol. The number of hydrogen-bond donors (Lipinski definition) is 0. The number of carbonyl (C=O) groups is 1. The fourth-order valence-electron chi connectivity index (χ4n) is 2.04. The topological polar surface area (TPSA) is 78.7 Å². The molecule has 2 rings (SSSR count). The van der Waals surface area contributed by atoms with Gasteiger partial charge in [0.05, 0.1) is 15.0 Å². The highest BCUT2D eigenvalue weighted by atomic mass is 35.5. The summed E-state index contributed by atoms with van der Waals surface area (Å²) in [6, 6.07) is 9.36. The first-order valence-electron chi connectivity index (χ1n) is 6.89. The van der Waals surface area contributed by atoms with E-state index in [1.807, 2.05) is 0 Å². The standard InChI is InChI=1S/C16H13Cl2NO5/c1-10-4-2-5-11(14(10)19(21)22)16(20)24-9-8-23-15-12(17)6-3-7-13(15)18/h2-7H,8-9H2,1H3. The van der Waals surface area contributed by atoms with Gasteiger partial charge in [-0.15, -0.1) is 0 Å². The zero-order valence-corrected chi connectivity index (χ0v) is 14.1. The normalized spacial score (nSPS) is 10.3. The Hall–Kier alpha value is -2.31. The zero-order chi connectivity index (χ0) is 17.7. The Morgan fingerprint density at radius 1 is 1.12 bits per heavy atom. The Bertz CT molecular complexity index is 759. The molecule has 2 aromatic carbocycles. The maximum atomic E-state index is 12.0. The van der Waals surface area contributed by atoms with Gasteiger partial charge in [-0.05, 0) is 25.1 Å². The van der Waals surface area contributed by atoms with Crippen molar-refractivity contribution in [1.82, 2.24) is 0 Å². The smallest absolute Gasteiger partial charge is 0.345 e. The molecule has 0 heterocycles. The second kappa shape index (κ2) is 7.99. The van der Waals surface area contributed by atoms with E-state index in [1.165, 1.54) is 6.07 Å². The second-order valence-corrected chi connectivity index (χ2v) is 5.58. The highest BCUT2D eigenvalue weighted by Gasteiger charge is 2.23. The molecule has 0 N–H and O–H groups in total. The van der Waals surface area contributed by atoms with Gasteiger partial charge < -0.3 is 9.47 Å². The van der Waals surface area contributed by atoms with Gasteiger partial charge in [-0.2, -0.15) is 0 Å². The van der Waals surface area contributed by atoms with Crippen LogP contribution in [0.3, 0.4) is 0 Å². The van der Waals surface area contributed by atoms with Gasteiger partial charge in [-0.25, -0.2) is 4.79 Å². The molecule has 8 heteroatoms. The van der Waals surface area contributed by atoms with E-state index in [-0.39, 0.29) is 24.5 Å². The van der Waals surface area contributed by atoms with Gasteiger partial charge in [0, 0.05) is 5.56 Å². The molecule has 0 atom stereocenters. The van der Waals surface area contributed by atoms with Crippen LogP contribution in [0.25, 0.3) is 0 Å². The lowest BCUT2D eigenvalue weighted by molar-refractivity contribution is -0.385. The van der Waals surface area contributed by atoms with Crippen LogP contribution in [0.2, 0.25) is 10.0 Å². The number of ether oxygens (including phenoxy) is 2. The van der Waals surface area contributed by atoms with E-state index in [9.17, 15) is 14.9 Å². The van der Waals surface area contributed by atoms with Gasteiger partial charge in [-0.3, -0.25) is 10.1 Å². The van der Waals surface area contributed by atoms with E-state index in [0.717, 1.165) is 0 Å². The first kappa shape index (κ1) is 18.0. The lowest BCUT2D eigenvalue weighted by Gasteiger charge is -2.10. The van der Waals surface area contributed by atoms with Crippen molar-refractivity contribution in [3.8, 4) is 5.75 Å². The number of benzene rings is 2. The van der Waals surface area contributed by atoms with Crippen molar-refractivity contribution in [2.24, 2.45) is 0 Å². The minimum atomic E-state index is -0.792. The summed E-state index contributed by atoms with van der Waals surface area (Å²) in [4.78, 5) is 22.5. The van der Waals surface area contributed by atoms with Gasteiger partial charge in [0.1, 0.15) is 18.8 Å². The number of carbonyl (C=O) groups excluding carboxylic acids is 1. The summed E-state index contributed by atoms with van der Waals surface area (Å²) >= 11 is 11.9. The van der Waals surface area contributed by atoms with Crippen molar-refractivity contribution in [2.75, 3.05) is 13.2 Å². The number of nitro groups is 1. The first-order chi connectivity index (χ1) is 11.4. The molecule has 24 heavy (non-hydrogen) atoms. The van der Waals surface area contributed by atoms with Crippen molar-refractivity contribution in [3.05, 3.63) is 67.7 Å². The number of hydrogen-bond acceptors (Lipinski definition) is 5. The van der Waals surface area contributed by atoms with Crippen LogP contribution in [-0.4, -0.2) is 24.1 Å². The van der Waals surface area contributed by atoms with E-state index < -0.39 is 10.9 Å². The first-order valence-corrected chi connectivity index (χ1v) is 7.65. The minimum absolute atomic E-state index is 0.00874. The van der Waals surface area contributed by atoms with Gasteiger partial charge >= 0.3 is 5.97 Å². The molecule has 126 valence electrons. The highest BCUT2D eigenvalue weighted by molar-refractivity contribution is 6.37. The minimum Gasteiger partial charge on any atom is -0.487 e. The molecule has 0 aliphatic carbocycles. The largest absolute Gasteiger partial charge is 0.487 e. The van der Waals surface area contributed by atoms with Crippen LogP contribution >= 0.6 is 23.2 Å². The number of halogens is 2. The number of rotatable bonds is 6. The molecule has 0 aliphatic heterocycles. The van der Waals surface area contributed by atoms with E-state index in [2.05, 4.69) is 0 Å². The average Bonchev–Trinajstić information content (AvgIpc) is 2.52. The van der Waals surface area contributed by atoms with Crippen LogP contribution in [0.1, 0.15) is 15.9 Å². The van der Waals surface area contributed by atoms with E-state index in [0.29, 0.717) is 21.4 Å². The lowest BCUT2D eigenvalue weighted by Crippen LogP contribution is -2.14. The van der Waals surface area contributed by atoms with Gasteiger partial charge in [0.25, 0.3) is 5.69 Å². The second-order valence-electron chi connectivity index (χ2n) is 4.76. The molecule has 0 radical (unpaired) electrons. The number of nitrogens with zero attached hydrogens (tertiary/aromatic N) is 1. The molecule has 0 saturated carbocycles. The third kappa shape index (κ3) is 4.15. The molecule has 0 saturated heterocycles. The molecule has 2 aromatic rings. The molecule has 6 nitrogen and oxygen atoms in total. The van der Waals surface area contributed by atoms with E-state index in [4.69, 9.17) is 32.7 Å². The summed E-state index contributed by atoms with van der Waals surface area (Å²) in [5.41, 5.74) is 0.0156. The van der Waals surface area contributed by atoms with Gasteiger partial charge in [-0.1, -0.05) is 41.4 Å². The Morgan fingerprint density at radius 3 is 2.38 bits per heavy atom. The van der Waals surface area contributed by atoms with Crippen LogP contribution in [0.4, 0.5) is 5.69 Å². The Balaban J connectivity index is 1.97. The summed E-state index contributed by atoms with van der Waals surface area (Å²) in [5.74, 6) is -0.502. The number of nitro benzene ring substituents is 1. The third-order valence-corrected chi connectivity index (χ3v) is 3.72. The van der Waals surface area contributed by atoms with Crippen molar-refractivity contribution in [2.45, 2.75) is 6.92 Å². The summed E-state index contributed by atoms with van der Waals surface area (Å²) in [7, 11) is 0. The monoisotopic (exact) mass is 369 g/mol. The summed E-state index contributed by atoms with van der Waals surface area (Å²) in [5, 5.41) is 11.8. The quantitative estimate of drug-likeness (QED) is 0.325. The maximum absolute atomic E-state index is 12.0. The summed E-state index contributed by atoms with van der Waals surface area (Å²) in [6.45, 7) is 1.46. The fraction of sp³-hybridized carbons (Fsp3) is 0.188. The molecule has 0 amide bonds. The SMILES string of the molecule is Cc1cccc(C(=O)OCCOc2c(Cl)cccc2Cl)c1[N+](=O)[O-]. The highest BCUT2D eigenvalue weighted by Crippen LogP contribution is 2.32. The van der Waals surface area contributed by atoms with Gasteiger partial charge in [0.2, 0.25) is 0 Å². The van der Waals surface area contributed by atoms with Crippen molar-refractivity contribution < 1.29 is 19.2 Å². The number of esters is 1. The zero-order valence-electron chi connectivity index (χ0n) is 12.6. The van der Waals surface area contributed by atoms with Crippen molar-refractivity contribution in [3.63, 3.8) is 0 Å². The Kier molecular flexibility index (Phi) is 6.00. The van der Waals surface area contributed by atoms with Crippen LogP contribution in [0, 0.1) is 17.0 Å². The van der Waals surface area contributed by atoms with Gasteiger partial charge in [0.15, 0.2) is 5.75 Å². The number of aryl methyl sites for hydroxylation is 1. The molecule has 0 bridgehead atoms. The molecule has 0 unspecified atom stereocenters. The maximum Gasteiger partial charge on any atom is 0.345 e. The molecule has 0 aliphatic rings. The van der Waals surface area contributed by atoms with E-state index >= 15 is 0 Å². The molecule has 0 fully saturated rings. The summed E-state index contributed by atoms with van der Waals surface area (Å²) in [6.07, 6.45) is 0. The average molecular weight is 370 g/mol. The summed E-state index contributed by atoms with van der Waals surface area (Å²) < 4.78 is 10.4. The van der Waals surface area contributed by atoms with Crippen LogP contribution in [-0.2, 0) is 4.74 Å². The molecular weight excluding hydrogens is 357 g/mol. The predicted octanol–water partition coefficient (Wildman–Crippen LogP) is 4.45. The van der Waals surface area contributed by atoms with Crippen molar-refractivity contribution >= 4 is 34.9 Å². The van der Waals surface area contributed by atoms with Crippen LogP contribution < -0.4 is 4.74 Å². The third-order valence-electron chi connectivity index (χ3n) is 3.12. The van der Waals surface area contributed by atoms with Crippen molar-refractivity contribution in [1.29, 1.82) is 0 Å². The Morgan fingerprint density at radius 2 is 1.75 bits per heavy atom. The Labute approximate surface area is 148 Å². The van der Waals surface area contributed by atoms with E-state index in [1.54, 1.807) is 37.3 Å². The fourth-order valence-corrected chi connectivity index (χ4v) is 2.55. The number of para-hydroxylation sites is 2. The van der Waals surface area contributed by atoms with Crippen LogP contribution in [0.15, 0.2) is 36.4 Å². The molecule has 0 aromatic heterocycles. The lowest BCUT2D eigenvalue weighted by atomic mass is 10.1.